The van der Waals surface area contributed by atoms with Gasteiger partial charge in [-0.15, -0.1) is 0 Å². The van der Waals surface area contributed by atoms with Crippen molar-refractivity contribution in [3.8, 4) is 0 Å². The van der Waals surface area contributed by atoms with Crippen LogP contribution in [0.4, 0.5) is 5.69 Å². The molecule has 8 nitrogen and oxygen atoms in total. The van der Waals surface area contributed by atoms with E-state index in [2.05, 4.69) is 36.6 Å². The maximum absolute atomic E-state index is 12.8. The number of methoxy groups -OCH3 is 1. The highest BCUT2D eigenvalue weighted by Crippen LogP contribution is 2.14. The number of ether oxygens (including phenoxy) is 2. The van der Waals surface area contributed by atoms with Gasteiger partial charge in [0.2, 0.25) is 0 Å². The molecule has 2 rings (SSSR count). The lowest BCUT2D eigenvalue weighted by molar-refractivity contribution is -0.156. The maximum Gasteiger partial charge on any atom is 0.331 e. The van der Waals surface area contributed by atoms with Crippen LogP contribution in [0, 0.1) is 0 Å². The van der Waals surface area contributed by atoms with Crippen molar-refractivity contribution in [1.29, 1.82) is 0 Å². The average molecular weight is 565 g/mol. The lowest BCUT2D eigenvalue weighted by Gasteiger charge is -2.25. The van der Waals surface area contributed by atoms with Crippen LogP contribution in [0.25, 0.3) is 0 Å². The van der Waals surface area contributed by atoms with Gasteiger partial charge in [0.05, 0.1) is 7.11 Å². The van der Waals surface area contributed by atoms with E-state index in [4.69, 9.17) is 17.0 Å². The minimum Gasteiger partial charge on any atom is -0.469 e. The van der Waals surface area contributed by atoms with Gasteiger partial charge >= 0.3 is 11.9 Å². The third kappa shape index (κ3) is 10.4. The van der Waals surface area contributed by atoms with Gasteiger partial charge in [-0.2, -0.15) is 0 Å². The summed E-state index contributed by atoms with van der Waals surface area (Å²) in [7, 11) is 1.35. The minimum absolute atomic E-state index is 0.0417. The van der Waals surface area contributed by atoms with E-state index in [0.717, 1.165) is 15.7 Å². The number of halogens is 1. The summed E-state index contributed by atoms with van der Waals surface area (Å²) in [6.45, 7) is 5.25. The van der Waals surface area contributed by atoms with E-state index >= 15 is 0 Å². The molecular formula is C25H30BrN3O5S. The van der Waals surface area contributed by atoms with Gasteiger partial charge in [-0.05, 0) is 81.4 Å². The molecule has 0 heterocycles. The number of nitrogens with one attached hydrogen (secondary N) is 3. The molecule has 0 radical (unpaired) electrons. The first-order chi connectivity index (χ1) is 16.5. The Balaban J connectivity index is 2.00. The predicted octanol–water partition coefficient (Wildman–Crippen LogP) is 3.98. The Morgan fingerprint density at radius 3 is 2.23 bits per heavy atom. The summed E-state index contributed by atoms with van der Waals surface area (Å²) in [6.07, 6.45) is 0.779. The number of aryl methyl sites for hydroxylation is 1. The SMILES string of the molecule is COC(=O)CCc1ccc(C(=O)NC[C@H](NC(=S)Nc2ccc(Br)cc2)C(=O)OC(C)(C)C)cc1. The quantitative estimate of drug-likeness (QED) is 0.310. The molecule has 0 fully saturated rings. The van der Waals surface area contributed by atoms with Crippen LogP contribution in [-0.2, 0) is 25.5 Å². The lowest BCUT2D eigenvalue weighted by atomic mass is 10.1. The molecule has 0 saturated heterocycles. The second-order valence-corrected chi connectivity index (χ2v) is 10.00. The van der Waals surface area contributed by atoms with Gasteiger partial charge in [0, 0.05) is 28.7 Å². The van der Waals surface area contributed by atoms with Gasteiger partial charge < -0.3 is 25.4 Å². The van der Waals surface area contributed by atoms with E-state index in [9.17, 15) is 14.4 Å². The Kier molecular flexibility index (Phi) is 10.7. The number of anilines is 1. The zero-order chi connectivity index (χ0) is 26.0. The van der Waals surface area contributed by atoms with Crippen molar-refractivity contribution in [2.45, 2.75) is 45.3 Å². The number of hydrogen-bond donors (Lipinski definition) is 3. The van der Waals surface area contributed by atoms with Crippen LogP contribution < -0.4 is 16.0 Å². The zero-order valence-electron chi connectivity index (χ0n) is 20.1. The molecule has 0 saturated carbocycles. The molecule has 3 N–H and O–H groups in total. The molecule has 0 bridgehead atoms. The van der Waals surface area contributed by atoms with Crippen molar-refractivity contribution < 1.29 is 23.9 Å². The number of thiocarbonyl (C=S) groups is 1. The Labute approximate surface area is 219 Å². The topological polar surface area (TPSA) is 106 Å². The summed E-state index contributed by atoms with van der Waals surface area (Å²) in [5.41, 5.74) is 1.36. The van der Waals surface area contributed by atoms with Gasteiger partial charge in [0.1, 0.15) is 11.6 Å². The molecule has 35 heavy (non-hydrogen) atoms. The largest absolute Gasteiger partial charge is 0.469 e. The molecule has 2 aromatic carbocycles. The normalized spacial score (nSPS) is 11.7. The van der Waals surface area contributed by atoms with Crippen molar-refractivity contribution in [3.05, 3.63) is 64.1 Å². The van der Waals surface area contributed by atoms with Crippen LogP contribution in [0.3, 0.4) is 0 Å². The summed E-state index contributed by atoms with van der Waals surface area (Å²) in [6, 6.07) is 13.4. The molecule has 0 unspecified atom stereocenters. The highest BCUT2D eigenvalue weighted by Gasteiger charge is 2.26. The number of amides is 1. The Morgan fingerprint density at radius 1 is 1.03 bits per heavy atom. The van der Waals surface area contributed by atoms with Gasteiger partial charge in [0.25, 0.3) is 5.91 Å². The Bertz CT molecular complexity index is 1040. The van der Waals surface area contributed by atoms with Crippen LogP contribution in [0.5, 0.6) is 0 Å². The van der Waals surface area contributed by atoms with E-state index < -0.39 is 17.6 Å². The van der Waals surface area contributed by atoms with Gasteiger partial charge in [0.15, 0.2) is 5.11 Å². The zero-order valence-corrected chi connectivity index (χ0v) is 22.5. The predicted molar refractivity (Wildman–Crippen MR) is 142 cm³/mol. The van der Waals surface area contributed by atoms with E-state index in [1.807, 2.05) is 24.3 Å². The molecule has 188 valence electrons. The van der Waals surface area contributed by atoms with Crippen LogP contribution in [0.2, 0.25) is 0 Å². The van der Waals surface area contributed by atoms with Crippen molar-refractivity contribution in [2.75, 3.05) is 19.0 Å². The first kappa shape index (κ1) is 28.3. The fourth-order valence-corrected chi connectivity index (χ4v) is 3.42. The van der Waals surface area contributed by atoms with Crippen molar-refractivity contribution in [1.82, 2.24) is 10.6 Å². The molecule has 2 aromatic rings. The summed E-state index contributed by atoms with van der Waals surface area (Å²) in [5.74, 6) is -1.19. The number of carbonyl (C=O) groups is 3. The lowest BCUT2D eigenvalue weighted by Crippen LogP contribution is -2.51. The molecule has 0 aliphatic rings. The minimum atomic E-state index is -0.909. The number of carbonyl (C=O) groups excluding carboxylic acids is 3. The molecule has 10 heteroatoms. The molecular weight excluding hydrogens is 534 g/mol. The Hall–Kier alpha value is -2.98. The average Bonchev–Trinajstić information content (AvgIpc) is 2.80. The molecule has 1 amide bonds. The van der Waals surface area contributed by atoms with E-state index in [1.165, 1.54) is 7.11 Å². The van der Waals surface area contributed by atoms with Crippen LogP contribution in [0.1, 0.15) is 43.1 Å². The van der Waals surface area contributed by atoms with Crippen LogP contribution in [0.15, 0.2) is 53.0 Å². The van der Waals surface area contributed by atoms with Gasteiger partial charge in [-0.3, -0.25) is 9.59 Å². The summed E-state index contributed by atoms with van der Waals surface area (Å²) < 4.78 is 11.1. The van der Waals surface area contributed by atoms with Crippen LogP contribution >= 0.6 is 28.1 Å². The molecule has 1 atom stereocenters. The first-order valence-electron chi connectivity index (χ1n) is 11.0. The van der Waals surface area contributed by atoms with Crippen molar-refractivity contribution in [3.63, 3.8) is 0 Å². The molecule has 0 aromatic heterocycles. The maximum atomic E-state index is 12.8. The fraction of sp³-hybridized carbons (Fsp3) is 0.360. The monoisotopic (exact) mass is 563 g/mol. The second kappa shape index (κ2) is 13.2. The van der Waals surface area contributed by atoms with Gasteiger partial charge in [-0.1, -0.05) is 28.1 Å². The highest BCUT2D eigenvalue weighted by atomic mass is 79.9. The number of hydrogen-bond acceptors (Lipinski definition) is 6. The standard InChI is InChI=1S/C25H30BrN3O5S/c1-25(2,3)34-23(32)20(29-24(35)28-19-12-10-18(26)11-13-19)15-27-22(31)17-8-5-16(6-9-17)7-14-21(30)33-4/h5-6,8-13,20H,7,14-15H2,1-4H3,(H,27,31)(H2,28,29,35)/t20-/m0/s1. The van der Waals surface area contributed by atoms with E-state index in [-0.39, 0.29) is 30.0 Å². The number of benzene rings is 2. The van der Waals surface area contributed by atoms with Crippen LogP contribution in [-0.4, -0.2) is 48.3 Å². The fourth-order valence-electron chi connectivity index (χ4n) is 2.89. The van der Waals surface area contributed by atoms with Crippen molar-refractivity contribution >= 4 is 56.8 Å². The Morgan fingerprint density at radius 2 is 1.66 bits per heavy atom. The van der Waals surface area contributed by atoms with Gasteiger partial charge in [-0.25, -0.2) is 4.79 Å². The summed E-state index contributed by atoms with van der Waals surface area (Å²) in [5, 5.41) is 8.91. The highest BCUT2D eigenvalue weighted by molar-refractivity contribution is 9.10. The van der Waals surface area contributed by atoms with E-state index in [0.29, 0.717) is 12.0 Å². The second-order valence-electron chi connectivity index (χ2n) is 8.67. The van der Waals surface area contributed by atoms with Crippen molar-refractivity contribution in [2.24, 2.45) is 0 Å². The molecule has 0 aliphatic carbocycles. The number of rotatable bonds is 9. The third-order valence-electron chi connectivity index (χ3n) is 4.63. The third-order valence-corrected chi connectivity index (χ3v) is 5.38. The molecule has 0 aliphatic heterocycles. The summed E-state index contributed by atoms with van der Waals surface area (Å²) in [4.78, 5) is 36.7. The smallest absolute Gasteiger partial charge is 0.331 e. The summed E-state index contributed by atoms with van der Waals surface area (Å²) >= 11 is 8.73. The molecule has 0 spiro atoms. The number of esters is 2. The van der Waals surface area contributed by atoms with E-state index in [1.54, 1.807) is 45.0 Å². The first-order valence-corrected chi connectivity index (χ1v) is 12.2.